The summed E-state index contributed by atoms with van der Waals surface area (Å²) in [5, 5.41) is 0.696. The molecule has 0 aliphatic rings. The van der Waals surface area contributed by atoms with E-state index in [2.05, 4.69) is 4.98 Å². The summed E-state index contributed by atoms with van der Waals surface area (Å²) in [5.41, 5.74) is 8.78. The zero-order valence-corrected chi connectivity index (χ0v) is 12.5. The minimum absolute atomic E-state index is 0.0629. The third-order valence-electron chi connectivity index (χ3n) is 2.89. The molecule has 0 amide bonds. The standard InChI is InChI=1S/C16H19ClN2O/c1-11(18)8-13-9-14(17)6-7-16(13)20-10-15-5-3-4-12(2)19-15/h3-7,9,11H,8,10,18H2,1-2H3. The number of hydrogen-bond donors (Lipinski definition) is 1. The molecule has 106 valence electrons. The van der Waals surface area contributed by atoms with Crippen molar-refractivity contribution in [2.24, 2.45) is 5.73 Å². The van der Waals surface area contributed by atoms with E-state index in [0.29, 0.717) is 11.6 Å². The lowest BCUT2D eigenvalue weighted by Crippen LogP contribution is -2.18. The fourth-order valence-corrected chi connectivity index (χ4v) is 2.22. The highest BCUT2D eigenvalue weighted by atomic mass is 35.5. The number of aromatic nitrogens is 1. The number of nitrogens with zero attached hydrogens (tertiary/aromatic N) is 1. The van der Waals surface area contributed by atoms with E-state index in [1.807, 2.05) is 50.2 Å². The minimum atomic E-state index is 0.0629. The van der Waals surface area contributed by atoms with Crippen molar-refractivity contribution in [3.05, 3.63) is 58.4 Å². The van der Waals surface area contributed by atoms with Gasteiger partial charge in [0.15, 0.2) is 0 Å². The van der Waals surface area contributed by atoms with Crippen molar-refractivity contribution < 1.29 is 4.74 Å². The number of rotatable bonds is 5. The van der Waals surface area contributed by atoms with E-state index in [-0.39, 0.29) is 6.04 Å². The predicted molar refractivity (Wildman–Crippen MR) is 82.1 cm³/mol. The Hall–Kier alpha value is -1.58. The highest BCUT2D eigenvalue weighted by molar-refractivity contribution is 6.30. The van der Waals surface area contributed by atoms with Crippen LogP contribution in [-0.4, -0.2) is 11.0 Å². The maximum atomic E-state index is 6.03. The largest absolute Gasteiger partial charge is 0.487 e. The van der Waals surface area contributed by atoms with Gasteiger partial charge in [-0.15, -0.1) is 0 Å². The number of hydrogen-bond acceptors (Lipinski definition) is 3. The van der Waals surface area contributed by atoms with Gasteiger partial charge in [0.2, 0.25) is 0 Å². The molecule has 1 heterocycles. The molecule has 20 heavy (non-hydrogen) atoms. The molecule has 0 radical (unpaired) electrons. The van der Waals surface area contributed by atoms with Gasteiger partial charge in [0.25, 0.3) is 0 Å². The predicted octanol–water partition coefficient (Wildman–Crippen LogP) is 3.51. The molecule has 0 aliphatic heterocycles. The van der Waals surface area contributed by atoms with Crippen molar-refractivity contribution in [2.75, 3.05) is 0 Å². The third kappa shape index (κ3) is 4.22. The lowest BCUT2D eigenvalue weighted by Gasteiger charge is -2.13. The summed E-state index contributed by atoms with van der Waals surface area (Å²) >= 11 is 6.03. The average Bonchev–Trinajstić information content (AvgIpc) is 2.37. The Bertz CT molecular complexity index is 584. The molecule has 4 heteroatoms. The Kier molecular flexibility index (Phi) is 4.99. The van der Waals surface area contributed by atoms with Crippen LogP contribution < -0.4 is 10.5 Å². The first-order valence-corrected chi connectivity index (χ1v) is 7.02. The van der Waals surface area contributed by atoms with Crippen molar-refractivity contribution in [2.45, 2.75) is 32.9 Å². The highest BCUT2D eigenvalue weighted by Crippen LogP contribution is 2.24. The van der Waals surface area contributed by atoms with Gasteiger partial charge in [0, 0.05) is 16.8 Å². The molecule has 0 fully saturated rings. The Balaban J connectivity index is 2.12. The summed E-state index contributed by atoms with van der Waals surface area (Å²) in [6.45, 7) is 4.37. The maximum absolute atomic E-state index is 6.03. The van der Waals surface area contributed by atoms with Gasteiger partial charge < -0.3 is 10.5 Å². The van der Waals surface area contributed by atoms with E-state index in [4.69, 9.17) is 22.1 Å². The van der Waals surface area contributed by atoms with Crippen LogP contribution in [0.4, 0.5) is 0 Å². The Labute approximate surface area is 124 Å². The van der Waals surface area contributed by atoms with Crippen LogP contribution in [0, 0.1) is 6.92 Å². The molecule has 0 bridgehead atoms. The van der Waals surface area contributed by atoms with E-state index in [9.17, 15) is 0 Å². The van der Waals surface area contributed by atoms with Gasteiger partial charge in [-0.05, 0) is 56.2 Å². The molecule has 1 atom stereocenters. The molecule has 0 aliphatic carbocycles. The van der Waals surface area contributed by atoms with Crippen LogP contribution in [-0.2, 0) is 13.0 Å². The average molecular weight is 291 g/mol. The van der Waals surface area contributed by atoms with E-state index >= 15 is 0 Å². The van der Waals surface area contributed by atoms with Crippen molar-refractivity contribution in [1.29, 1.82) is 0 Å². The number of nitrogens with two attached hydrogens (primary N) is 1. The molecule has 1 aromatic carbocycles. The summed E-state index contributed by atoms with van der Waals surface area (Å²) in [5.74, 6) is 0.815. The first kappa shape index (κ1) is 14.8. The van der Waals surface area contributed by atoms with Gasteiger partial charge in [-0.25, -0.2) is 0 Å². The Morgan fingerprint density at radius 3 is 2.80 bits per heavy atom. The van der Waals surface area contributed by atoms with Crippen LogP contribution in [0.2, 0.25) is 5.02 Å². The smallest absolute Gasteiger partial charge is 0.130 e. The fraction of sp³-hybridized carbons (Fsp3) is 0.312. The minimum Gasteiger partial charge on any atom is -0.487 e. The molecule has 0 saturated heterocycles. The number of pyridine rings is 1. The molecule has 0 spiro atoms. The molecule has 2 N–H and O–H groups in total. The van der Waals surface area contributed by atoms with Gasteiger partial charge in [-0.3, -0.25) is 4.98 Å². The van der Waals surface area contributed by atoms with Crippen LogP contribution in [0.15, 0.2) is 36.4 Å². The van der Waals surface area contributed by atoms with Gasteiger partial charge in [0.1, 0.15) is 12.4 Å². The van der Waals surface area contributed by atoms with E-state index in [1.165, 1.54) is 0 Å². The molecule has 2 rings (SSSR count). The SMILES string of the molecule is Cc1cccc(COc2ccc(Cl)cc2CC(C)N)n1. The Morgan fingerprint density at radius 1 is 1.30 bits per heavy atom. The van der Waals surface area contributed by atoms with Crippen molar-refractivity contribution in [3.63, 3.8) is 0 Å². The van der Waals surface area contributed by atoms with Gasteiger partial charge in [0.05, 0.1) is 5.69 Å². The first-order chi connectivity index (χ1) is 9.54. The summed E-state index contributed by atoms with van der Waals surface area (Å²) in [6.07, 6.45) is 0.733. The molecular formula is C16H19ClN2O. The second kappa shape index (κ2) is 6.73. The number of benzene rings is 1. The first-order valence-electron chi connectivity index (χ1n) is 6.64. The zero-order valence-electron chi connectivity index (χ0n) is 11.8. The number of halogens is 1. The normalized spacial score (nSPS) is 12.2. The van der Waals surface area contributed by atoms with Crippen molar-refractivity contribution in [3.8, 4) is 5.75 Å². The highest BCUT2D eigenvalue weighted by Gasteiger charge is 2.08. The second-order valence-electron chi connectivity index (χ2n) is 4.99. The second-order valence-corrected chi connectivity index (χ2v) is 5.43. The number of aryl methyl sites for hydroxylation is 1. The van der Waals surface area contributed by atoms with E-state index in [0.717, 1.165) is 29.1 Å². The van der Waals surface area contributed by atoms with Crippen LogP contribution in [0.5, 0.6) is 5.75 Å². The van der Waals surface area contributed by atoms with E-state index in [1.54, 1.807) is 0 Å². The van der Waals surface area contributed by atoms with Crippen LogP contribution in [0.3, 0.4) is 0 Å². The maximum Gasteiger partial charge on any atom is 0.130 e. The molecule has 1 unspecified atom stereocenters. The summed E-state index contributed by atoms with van der Waals surface area (Å²) < 4.78 is 5.86. The fourth-order valence-electron chi connectivity index (χ4n) is 2.03. The molecule has 2 aromatic rings. The van der Waals surface area contributed by atoms with Gasteiger partial charge in [-0.2, -0.15) is 0 Å². The quantitative estimate of drug-likeness (QED) is 0.916. The topological polar surface area (TPSA) is 48.1 Å². The number of ether oxygens (including phenoxy) is 1. The van der Waals surface area contributed by atoms with Gasteiger partial charge in [-0.1, -0.05) is 17.7 Å². The molecule has 3 nitrogen and oxygen atoms in total. The Morgan fingerprint density at radius 2 is 2.10 bits per heavy atom. The van der Waals surface area contributed by atoms with Gasteiger partial charge >= 0.3 is 0 Å². The lowest BCUT2D eigenvalue weighted by atomic mass is 10.1. The van der Waals surface area contributed by atoms with Crippen LogP contribution >= 0.6 is 11.6 Å². The van der Waals surface area contributed by atoms with Crippen LogP contribution in [0.1, 0.15) is 23.9 Å². The van der Waals surface area contributed by atoms with Crippen molar-refractivity contribution >= 4 is 11.6 Å². The summed E-state index contributed by atoms with van der Waals surface area (Å²) in [6, 6.07) is 11.6. The van der Waals surface area contributed by atoms with E-state index < -0.39 is 0 Å². The third-order valence-corrected chi connectivity index (χ3v) is 3.12. The monoisotopic (exact) mass is 290 g/mol. The lowest BCUT2D eigenvalue weighted by molar-refractivity contribution is 0.297. The molecule has 0 saturated carbocycles. The summed E-state index contributed by atoms with van der Waals surface area (Å²) in [7, 11) is 0. The van der Waals surface area contributed by atoms with Crippen molar-refractivity contribution in [1.82, 2.24) is 4.98 Å². The van der Waals surface area contributed by atoms with Crippen LogP contribution in [0.25, 0.3) is 0 Å². The zero-order chi connectivity index (χ0) is 14.5. The molecular weight excluding hydrogens is 272 g/mol. The molecule has 1 aromatic heterocycles. The summed E-state index contributed by atoms with van der Waals surface area (Å²) in [4.78, 5) is 4.42.